The summed E-state index contributed by atoms with van der Waals surface area (Å²) in [6.07, 6.45) is 2.21. The maximum absolute atomic E-state index is 12.0. The normalized spacial score (nSPS) is 13.6. The van der Waals surface area contributed by atoms with Crippen molar-refractivity contribution >= 4 is 34.0 Å². The average Bonchev–Trinajstić information content (AvgIpc) is 2.87. The molecule has 114 valence electrons. The maximum Gasteiger partial charge on any atom is 0.325 e. The lowest BCUT2D eigenvalue weighted by Gasteiger charge is -2.07. The number of thiazole rings is 1. The molecule has 1 aliphatic rings. The number of hydrogen-bond donors (Lipinski definition) is 2. The number of carbonyl (C=O) groups excluding carboxylic acids is 2. The Labute approximate surface area is 132 Å². The van der Waals surface area contributed by atoms with Crippen molar-refractivity contribution in [3.05, 3.63) is 39.9 Å². The summed E-state index contributed by atoms with van der Waals surface area (Å²) in [5.74, 6) is 0.126. The second-order valence-corrected chi connectivity index (χ2v) is 6.45. The van der Waals surface area contributed by atoms with Crippen LogP contribution in [0.1, 0.15) is 39.3 Å². The summed E-state index contributed by atoms with van der Waals surface area (Å²) in [7, 11) is 0. The van der Waals surface area contributed by atoms with Crippen molar-refractivity contribution in [3.63, 3.8) is 0 Å². The van der Waals surface area contributed by atoms with E-state index in [9.17, 15) is 9.59 Å². The highest BCUT2D eigenvalue weighted by molar-refractivity contribution is 7.17. The molecule has 0 fully saturated rings. The van der Waals surface area contributed by atoms with Crippen LogP contribution in [0.15, 0.2) is 18.2 Å². The van der Waals surface area contributed by atoms with Gasteiger partial charge in [0, 0.05) is 12.1 Å². The summed E-state index contributed by atoms with van der Waals surface area (Å²) < 4.78 is 0. The summed E-state index contributed by atoms with van der Waals surface area (Å²) >= 11 is 1.26. The van der Waals surface area contributed by atoms with Gasteiger partial charge in [-0.25, -0.2) is 9.78 Å². The minimum Gasteiger partial charge on any atom is -0.308 e. The van der Waals surface area contributed by atoms with Crippen molar-refractivity contribution in [3.8, 4) is 0 Å². The van der Waals surface area contributed by atoms with E-state index in [0.717, 1.165) is 29.8 Å². The van der Waals surface area contributed by atoms with Gasteiger partial charge in [-0.15, -0.1) is 0 Å². The highest BCUT2D eigenvalue weighted by Gasteiger charge is 2.22. The van der Waals surface area contributed by atoms with Gasteiger partial charge < -0.3 is 5.32 Å². The molecule has 1 aromatic heterocycles. The topological polar surface area (TPSA) is 71.1 Å². The molecule has 1 heterocycles. The van der Waals surface area contributed by atoms with Crippen LogP contribution in [0.2, 0.25) is 0 Å². The molecular formula is C16H17N3O2S. The molecule has 2 aromatic rings. The van der Waals surface area contributed by atoms with Crippen LogP contribution in [0, 0.1) is 13.8 Å². The largest absolute Gasteiger partial charge is 0.325 e. The van der Waals surface area contributed by atoms with Gasteiger partial charge in [0.15, 0.2) is 10.9 Å². The van der Waals surface area contributed by atoms with E-state index in [1.165, 1.54) is 16.9 Å². The number of fused-ring (bicyclic) bond motifs is 1. The van der Waals surface area contributed by atoms with Crippen molar-refractivity contribution in [2.24, 2.45) is 0 Å². The molecule has 3 rings (SSSR count). The van der Waals surface area contributed by atoms with Crippen molar-refractivity contribution in [2.75, 3.05) is 10.6 Å². The van der Waals surface area contributed by atoms with Gasteiger partial charge in [-0.3, -0.25) is 10.1 Å². The van der Waals surface area contributed by atoms with E-state index < -0.39 is 0 Å². The zero-order valence-electron chi connectivity index (χ0n) is 12.5. The van der Waals surface area contributed by atoms with Gasteiger partial charge in [0.2, 0.25) is 0 Å². The van der Waals surface area contributed by atoms with Gasteiger partial charge >= 0.3 is 6.03 Å². The third kappa shape index (κ3) is 3.01. The minimum atomic E-state index is -0.346. The lowest BCUT2D eigenvalue weighted by atomic mass is 10.0. The standard InChI is InChI=1S/C16H17N3O2S/c1-9-6-7-11(8-10(9)2)17-15(21)19-16-18-12-4-3-5-13(20)14(12)22-16/h6-8H,3-5H2,1-2H3,(H2,17,18,19,21). The van der Waals surface area contributed by atoms with Crippen LogP contribution in [0.25, 0.3) is 0 Å². The van der Waals surface area contributed by atoms with Gasteiger partial charge in [0.05, 0.1) is 10.6 Å². The van der Waals surface area contributed by atoms with Gasteiger partial charge in [-0.05, 0) is 49.9 Å². The molecule has 6 heteroatoms. The third-order valence-electron chi connectivity index (χ3n) is 3.75. The summed E-state index contributed by atoms with van der Waals surface area (Å²) in [4.78, 5) is 28.8. The van der Waals surface area contributed by atoms with E-state index in [-0.39, 0.29) is 11.8 Å². The van der Waals surface area contributed by atoms with E-state index >= 15 is 0 Å². The Morgan fingerprint density at radius 2 is 2.00 bits per heavy atom. The van der Waals surface area contributed by atoms with Crippen LogP contribution in [-0.4, -0.2) is 16.8 Å². The molecule has 1 aromatic carbocycles. The average molecular weight is 315 g/mol. The van der Waals surface area contributed by atoms with E-state index in [4.69, 9.17) is 0 Å². The smallest absolute Gasteiger partial charge is 0.308 e. The second-order valence-electron chi connectivity index (χ2n) is 5.45. The molecule has 0 saturated carbocycles. The lowest BCUT2D eigenvalue weighted by molar-refractivity contribution is 0.0976. The Kier molecular flexibility index (Phi) is 3.94. The first-order valence-corrected chi connectivity index (χ1v) is 8.03. The van der Waals surface area contributed by atoms with Crippen LogP contribution in [0.3, 0.4) is 0 Å². The van der Waals surface area contributed by atoms with Crippen LogP contribution in [0.5, 0.6) is 0 Å². The summed E-state index contributed by atoms with van der Waals surface area (Å²) in [5.41, 5.74) is 3.84. The zero-order valence-corrected chi connectivity index (χ0v) is 13.3. The van der Waals surface area contributed by atoms with E-state index in [2.05, 4.69) is 15.6 Å². The van der Waals surface area contributed by atoms with Crippen molar-refractivity contribution in [2.45, 2.75) is 33.1 Å². The number of benzene rings is 1. The van der Waals surface area contributed by atoms with Crippen molar-refractivity contribution in [1.29, 1.82) is 0 Å². The number of aromatic nitrogens is 1. The number of anilines is 2. The van der Waals surface area contributed by atoms with Crippen LogP contribution in [0.4, 0.5) is 15.6 Å². The fraction of sp³-hybridized carbons (Fsp3) is 0.312. The highest BCUT2D eigenvalue weighted by atomic mass is 32.1. The molecule has 22 heavy (non-hydrogen) atoms. The molecule has 0 bridgehead atoms. The number of aryl methyl sites for hydroxylation is 3. The summed E-state index contributed by atoms with van der Waals surface area (Å²) in [5, 5.41) is 5.96. The molecule has 2 N–H and O–H groups in total. The molecule has 5 nitrogen and oxygen atoms in total. The SMILES string of the molecule is Cc1ccc(NC(=O)Nc2nc3c(s2)C(=O)CCC3)cc1C. The summed E-state index contributed by atoms with van der Waals surface area (Å²) in [6, 6.07) is 5.40. The fourth-order valence-corrected chi connectivity index (χ4v) is 3.38. The number of Topliss-reactive ketones (excluding diaryl/α,β-unsaturated/α-hetero) is 1. The molecule has 0 unspecified atom stereocenters. The molecule has 0 spiro atoms. The number of carbonyl (C=O) groups is 2. The number of nitrogens with one attached hydrogen (secondary N) is 2. The van der Waals surface area contributed by atoms with E-state index in [1.54, 1.807) is 0 Å². The minimum absolute atomic E-state index is 0.126. The Morgan fingerprint density at radius 3 is 2.73 bits per heavy atom. The monoisotopic (exact) mass is 315 g/mol. The predicted molar refractivity (Wildman–Crippen MR) is 87.9 cm³/mol. The Morgan fingerprint density at radius 1 is 1.18 bits per heavy atom. The van der Waals surface area contributed by atoms with Crippen LogP contribution in [-0.2, 0) is 6.42 Å². The molecule has 0 atom stereocenters. The number of nitrogens with zero attached hydrogens (tertiary/aromatic N) is 1. The Balaban J connectivity index is 1.69. The number of hydrogen-bond acceptors (Lipinski definition) is 4. The lowest BCUT2D eigenvalue weighted by Crippen LogP contribution is -2.19. The van der Waals surface area contributed by atoms with Crippen LogP contribution < -0.4 is 10.6 Å². The van der Waals surface area contributed by atoms with Crippen molar-refractivity contribution < 1.29 is 9.59 Å². The highest BCUT2D eigenvalue weighted by Crippen LogP contribution is 2.29. The third-order valence-corrected chi connectivity index (χ3v) is 4.81. The van der Waals surface area contributed by atoms with Gasteiger partial charge in [0.1, 0.15) is 0 Å². The van der Waals surface area contributed by atoms with Gasteiger partial charge in [0.25, 0.3) is 0 Å². The molecule has 2 amide bonds. The van der Waals surface area contributed by atoms with Gasteiger partial charge in [-0.1, -0.05) is 17.4 Å². The molecule has 0 aliphatic heterocycles. The predicted octanol–water partition coefficient (Wildman–Crippen LogP) is 3.92. The molecule has 1 aliphatic carbocycles. The van der Waals surface area contributed by atoms with E-state index in [0.29, 0.717) is 16.4 Å². The Hall–Kier alpha value is -2.21. The van der Waals surface area contributed by atoms with Crippen LogP contribution >= 0.6 is 11.3 Å². The number of ketones is 1. The maximum atomic E-state index is 12.0. The zero-order chi connectivity index (χ0) is 15.7. The second kappa shape index (κ2) is 5.88. The number of rotatable bonds is 2. The number of urea groups is 1. The van der Waals surface area contributed by atoms with Gasteiger partial charge in [-0.2, -0.15) is 0 Å². The first-order chi connectivity index (χ1) is 10.5. The summed E-state index contributed by atoms with van der Waals surface area (Å²) in [6.45, 7) is 4.02. The van der Waals surface area contributed by atoms with E-state index in [1.807, 2.05) is 32.0 Å². The first kappa shape index (κ1) is 14.7. The molecule has 0 saturated heterocycles. The fourth-order valence-electron chi connectivity index (χ4n) is 2.40. The van der Waals surface area contributed by atoms with Crippen molar-refractivity contribution in [1.82, 2.24) is 4.98 Å². The molecule has 0 radical (unpaired) electrons. The molecular weight excluding hydrogens is 298 g/mol. The number of amides is 2. The quantitative estimate of drug-likeness (QED) is 0.882. The Bertz CT molecular complexity index is 752. The first-order valence-electron chi connectivity index (χ1n) is 7.21.